The van der Waals surface area contributed by atoms with Gasteiger partial charge in [0.25, 0.3) is 5.91 Å². The van der Waals surface area contributed by atoms with Crippen LogP contribution >= 0.6 is 0 Å². The van der Waals surface area contributed by atoms with E-state index in [1.54, 1.807) is 37.6 Å². The van der Waals surface area contributed by atoms with Crippen LogP contribution in [0.5, 0.6) is 11.5 Å². The van der Waals surface area contributed by atoms with Crippen molar-refractivity contribution in [2.75, 3.05) is 25.7 Å². The first-order valence-electron chi connectivity index (χ1n) is 9.76. The highest BCUT2D eigenvalue weighted by molar-refractivity contribution is 5.84. The Hall–Kier alpha value is -3.02. The van der Waals surface area contributed by atoms with Crippen LogP contribution in [0, 0.1) is 0 Å². The van der Waals surface area contributed by atoms with Crippen molar-refractivity contribution >= 4 is 17.8 Å². The van der Waals surface area contributed by atoms with E-state index in [0.717, 1.165) is 17.7 Å². The van der Waals surface area contributed by atoms with Crippen molar-refractivity contribution in [3.8, 4) is 11.5 Å². The second kappa shape index (κ2) is 8.55. The lowest BCUT2D eigenvalue weighted by Crippen LogP contribution is -2.45. The van der Waals surface area contributed by atoms with Crippen LogP contribution in [-0.4, -0.2) is 38.4 Å². The number of methoxy groups -OCH3 is 1. The Kier molecular flexibility index (Phi) is 6.11. The van der Waals surface area contributed by atoms with Gasteiger partial charge in [0.05, 0.1) is 13.3 Å². The molecule has 154 valence electrons. The van der Waals surface area contributed by atoms with E-state index in [1.807, 2.05) is 6.07 Å². The summed E-state index contributed by atoms with van der Waals surface area (Å²) in [6.07, 6.45) is 2.76. The number of amides is 1. The maximum atomic E-state index is 11.9. The van der Waals surface area contributed by atoms with Crippen LogP contribution in [0.3, 0.4) is 0 Å². The van der Waals surface area contributed by atoms with Gasteiger partial charge in [-0.25, -0.2) is 5.43 Å². The highest BCUT2D eigenvalue weighted by Gasteiger charge is 2.33. The highest BCUT2D eigenvalue weighted by Crippen LogP contribution is 2.42. The van der Waals surface area contributed by atoms with Crippen molar-refractivity contribution in [1.29, 1.82) is 0 Å². The lowest BCUT2D eigenvalue weighted by Gasteiger charge is -2.45. The van der Waals surface area contributed by atoms with Crippen molar-refractivity contribution in [3.63, 3.8) is 0 Å². The minimum absolute atomic E-state index is 0.106. The van der Waals surface area contributed by atoms with Gasteiger partial charge in [-0.05, 0) is 73.7 Å². The van der Waals surface area contributed by atoms with Crippen molar-refractivity contribution in [2.24, 2.45) is 5.10 Å². The molecule has 1 aliphatic rings. The van der Waals surface area contributed by atoms with Crippen LogP contribution in [0.2, 0.25) is 0 Å². The number of ether oxygens (including phenoxy) is 2. The third-order valence-electron chi connectivity index (χ3n) is 5.49. The molecular weight excluding hydrogens is 366 g/mol. The maximum Gasteiger partial charge on any atom is 0.277 e. The van der Waals surface area contributed by atoms with Gasteiger partial charge in [-0.15, -0.1) is 0 Å². The summed E-state index contributed by atoms with van der Waals surface area (Å²) < 4.78 is 10.5. The zero-order chi connectivity index (χ0) is 21.0. The zero-order valence-corrected chi connectivity index (χ0v) is 17.7. The lowest BCUT2D eigenvalue weighted by atomic mass is 9.80. The molecule has 0 aliphatic carbocycles. The van der Waals surface area contributed by atoms with E-state index in [2.05, 4.69) is 55.4 Å². The summed E-state index contributed by atoms with van der Waals surface area (Å²) >= 11 is 0. The first-order chi connectivity index (χ1) is 13.8. The number of hydrogen-bond acceptors (Lipinski definition) is 5. The molecule has 0 spiro atoms. The van der Waals surface area contributed by atoms with Crippen molar-refractivity contribution in [1.82, 2.24) is 5.43 Å². The number of anilines is 1. The molecule has 29 heavy (non-hydrogen) atoms. The number of hydrazone groups is 1. The number of carbonyl (C=O) groups is 1. The van der Waals surface area contributed by atoms with Gasteiger partial charge in [-0.2, -0.15) is 5.10 Å². The molecule has 2 aromatic carbocycles. The smallest absolute Gasteiger partial charge is 0.277 e. The van der Waals surface area contributed by atoms with E-state index >= 15 is 0 Å². The minimum Gasteiger partial charge on any atom is -0.497 e. The average molecular weight is 396 g/mol. The number of carbonyl (C=O) groups excluding carboxylic acids is 1. The van der Waals surface area contributed by atoms with Gasteiger partial charge in [-0.3, -0.25) is 4.79 Å². The molecule has 6 heteroatoms. The molecule has 1 N–H and O–H groups in total. The Bertz CT molecular complexity index is 891. The molecule has 0 aromatic heterocycles. The first kappa shape index (κ1) is 20.7. The number of fused-ring (bicyclic) bond motifs is 1. The average Bonchev–Trinajstić information content (AvgIpc) is 2.71. The summed E-state index contributed by atoms with van der Waals surface area (Å²) in [5.41, 5.74) is 6.17. The standard InChI is InChI=1S/C23H29N3O3/c1-16-13-23(2,3)26(4)21-11-6-17(12-20(16)21)14-24-25-22(27)15-29-19-9-7-18(28-5)8-10-19/h6-12,14,16H,13,15H2,1-5H3,(H,25,27)/b24-14+/t16-/m0/s1. The van der Waals surface area contributed by atoms with Gasteiger partial charge in [0, 0.05) is 18.3 Å². The molecule has 1 atom stereocenters. The summed E-state index contributed by atoms with van der Waals surface area (Å²) in [5, 5.41) is 4.06. The summed E-state index contributed by atoms with van der Waals surface area (Å²) in [6, 6.07) is 13.4. The Morgan fingerprint density at radius 2 is 1.93 bits per heavy atom. The molecular formula is C23H29N3O3. The van der Waals surface area contributed by atoms with Crippen LogP contribution in [-0.2, 0) is 4.79 Å². The zero-order valence-electron chi connectivity index (χ0n) is 17.7. The molecule has 0 saturated carbocycles. The Morgan fingerprint density at radius 1 is 1.24 bits per heavy atom. The number of hydrogen-bond donors (Lipinski definition) is 1. The summed E-state index contributed by atoms with van der Waals surface area (Å²) in [7, 11) is 3.74. The maximum absolute atomic E-state index is 11.9. The Labute approximate surface area is 172 Å². The fourth-order valence-electron chi connectivity index (χ4n) is 3.71. The molecule has 6 nitrogen and oxygen atoms in total. The predicted molar refractivity (Wildman–Crippen MR) is 116 cm³/mol. The number of benzene rings is 2. The normalized spacial score (nSPS) is 17.7. The predicted octanol–water partition coefficient (Wildman–Crippen LogP) is 3.95. The monoisotopic (exact) mass is 395 g/mol. The molecule has 1 amide bonds. The molecule has 0 unspecified atom stereocenters. The summed E-state index contributed by atoms with van der Waals surface area (Å²) in [4.78, 5) is 14.3. The Balaban J connectivity index is 1.56. The molecule has 3 rings (SSSR count). The van der Waals surface area contributed by atoms with E-state index in [0.29, 0.717) is 11.7 Å². The third kappa shape index (κ3) is 4.88. The van der Waals surface area contributed by atoms with E-state index in [9.17, 15) is 4.79 Å². The topological polar surface area (TPSA) is 63.2 Å². The fraction of sp³-hybridized carbons (Fsp3) is 0.391. The second-order valence-corrected chi connectivity index (χ2v) is 8.05. The SMILES string of the molecule is COc1ccc(OCC(=O)N/N=C/c2ccc3c(c2)[C@@H](C)CC(C)(C)N3C)cc1. The second-order valence-electron chi connectivity index (χ2n) is 8.05. The van der Waals surface area contributed by atoms with E-state index in [1.165, 1.54) is 11.3 Å². The van der Waals surface area contributed by atoms with Crippen LogP contribution < -0.4 is 19.8 Å². The van der Waals surface area contributed by atoms with Gasteiger partial charge in [0.15, 0.2) is 6.61 Å². The summed E-state index contributed by atoms with van der Waals surface area (Å²) in [6.45, 7) is 6.69. The molecule has 0 saturated heterocycles. The molecule has 1 aliphatic heterocycles. The van der Waals surface area contributed by atoms with E-state index in [-0.39, 0.29) is 18.1 Å². The molecule has 0 fully saturated rings. The van der Waals surface area contributed by atoms with Crippen LogP contribution in [0.4, 0.5) is 5.69 Å². The van der Waals surface area contributed by atoms with Gasteiger partial charge >= 0.3 is 0 Å². The number of nitrogens with zero attached hydrogens (tertiary/aromatic N) is 2. The highest BCUT2D eigenvalue weighted by atomic mass is 16.5. The van der Waals surface area contributed by atoms with Crippen molar-refractivity contribution < 1.29 is 14.3 Å². The lowest BCUT2D eigenvalue weighted by molar-refractivity contribution is -0.123. The molecule has 2 aromatic rings. The van der Waals surface area contributed by atoms with Crippen LogP contribution in [0.15, 0.2) is 47.6 Å². The van der Waals surface area contributed by atoms with Crippen molar-refractivity contribution in [3.05, 3.63) is 53.6 Å². The van der Waals surface area contributed by atoms with E-state index in [4.69, 9.17) is 9.47 Å². The van der Waals surface area contributed by atoms with Gasteiger partial charge in [0.2, 0.25) is 0 Å². The Morgan fingerprint density at radius 3 is 2.62 bits per heavy atom. The summed E-state index contributed by atoms with van der Waals surface area (Å²) in [5.74, 6) is 1.49. The number of rotatable bonds is 6. The van der Waals surface area contributed by atoms with Crippen molar-refractivity contribution in [2.45, 2.75) is 38.6 Å². The first-order valence-corrected chi connectivity index (χ1v) is 9.76. The largest absolute Gasteiger partial charge is 0.497 e. The number of nitrogens with one attached hydrogen (secondary N) is 1. The fourth-order valence-corrected chi connectivity index (χ4v) is 3.71. The van der Waals surface area contributed by atoms with Crippen LogP contribution in [0.1, 0.15) is 44.2 Å². The van der Waals surface area contributed by atoms with Crippen LogP contribution in [0.25, 0.3) is 0 Å². The van der Waals surface area contributed by atoms with Gasteiger partial charge in [0.1, 0.15) is 11.5 Å². The van der Waals surface area contributed by atoms with Gasteiger partial charge in [-0.1, -0.05) is 13.0 Å². The van der Waals surface area contributed by atoms with Gasteiger partial charge < -0.3 is 14.4 Å². The molecule has 0 bridgehead atoms. The molecule has 0 radical (unpaired) electrons. The molecule has 1 heterocycles. The third-order valence-corrected chi connectivity index (χ3v) is 5.49. The van der Waals surface area contributed by atoms with E-state index < -0.39 is 0 Å². The quantitative estimate of drug-likeness (QED) is 0.594. The minimum atomic E-state index is -0.315.